The third-order valence-corrected chi connectivity index (χ3v) is 2.24. The van der Waals surface area contributed by atoms with Crippen LogP contribution in [0.4, 0.5) is 0 Å². The lowest BCUT2D eigenvalue weighted by Gasteiger charge is -2.16. The molecule has 1 atom stereocenters. The number of hydrogen-bond donors (Lipinski definition) is 0. The molecular weight excluding hydrogens is 122 g/mol. The molecule has 0 N–H and O–H groups in total. The lowest BCUT2D eigenvalue weighted by Crippen LogP contribution is -2.03. The fourth-order valence-corrected chi connectivity index (χ4v) is 1.36. The second-order valence-corrected chi connectivity index (χ2v) is 2.89. The van der Waals surface area contributed by atoms with Gasteiger partial charge in [-0.25, -0.2) is 0 Å². The van der Waals surface area contributed by atoms with Crippen LogP contribution in [0.15, 0.2) is 11.6 Å². The van der Waals surface area contributed by atoms with Crippen LogP contribution in [-0.2, 0) is 0 Å². The number of rotatable bonds is 1. The van der Waals surface area contributed by atoms with E-state index in [1.807, 2.05) is 0 Å². The van der Waals surface area contributed by atoms with Gasteiger partial charge in [-0.1, -0.05) is 19.4 Å². The summed E-state index contributed by atoms with van der Waals surface area (Å²) < 4.78 is 0. The van der Waals surface area contributed by atoms with Gasteiger partial charge in [-0.15, -0.1) is 0 Å². The van der Waals surface area contributed by atoms with Crippen molar-refractivity contribution in [3.05, 3.63) is 11.6 Å². The van der Waals surface area contributed by atoms with E-state index in [-0.39, 0.29) is 0 Å². The van der Waals surface area contributed by atoms with Gasteiger partial charge >= 0.3 is 0 Å². The van der Waals surface area contributed by atoms with E-state index >= 15 is 0 Å². The summed E-state index contributed by atoms with van der Waals surface area (Å²) in [6, 6.07) is 2.21. The zero-order valence-electron chi connectivity index (χ0n) is 6.43. The van der Waals surface area contributed by atoms with Crippen molar-refractivity contribution < 1.29 is 0 Å². The maximum Gasteiger partial charge on any atom is 0.0943 e. The summed E-state index contributed by atoms with van der Waals surface area (Å²) in [6.07, 6.45) is 6.71. The molecule has 0 amide bonds. The van der Waals surface area contributed by atoms with Crippen LogP contribution < -0.4 is 0 Å². The van der Waals surface area contributed by atoms with E-state index in [4.69, 9.17) is 5.26 Å². The van der Waals surface area contributed by atoms with Gasteiger partial charge in [0, 0.05) is 5.57 Å². The zero-order valence-corrected chi connectivity index (χ0v) is 6.43. The molecule has 1 nitrogen and oxygen atoms in total. The second-order valence-electron chi connectivity index (χ2n) is 2.89. The normalized spacial score (nSPS) is 25.2. The van der Waals surface area contributed by atoms with Crippen molar-refractivity contribution >= 4 is 0 Å². The maximum absolute atomic E-state index is 8.53. The van der Waals surface area contributed by atoms with Gasteiger partial charge < -0.3 is 0 Å². The van der Waals surface area contributed by atoms with E-state index in [0.717, 1.165) is 24.3 Å². The predicted octanol–water partition coefficient (Wildman–Crippen LogP) is 2.65. The Balaban J connectivity index is 2.46. The number of nitriles is 1. The molecule has 0 aromatic rings. The highest BCUT2D eigenvalue weighted by molar-refractivity contribution is 5.22. The van der Waals surface area contributed by atoms with E-state index in [1.54, 1.807) is 0 Å². The molecule has 10 heavy (non-hydrogen) atoms. The first kappa shape index (κ1) is 7.34. The Hall–Kier alpha value is -0.770. The third kappa shape index (κ3) is 1.60. The lowest BCUT2D eigenvalue weighted by atomic mass is 9.88. The molecular formula is C9H13N. The molecule has 54 valence electrons. The summed E-state index contributed by atoms with van der Waals surface area (Å²) in [6.45, 7) is 2.22. The van der Waals surface area contributed by atoms with Crippen LogP contribution in [-0.4, -0.2) is 0 Å². The molecule has 0 heterocycles. The Labute approximate surface area is 62.4 Å². The van der Waals surface area contributed by atoms with Crippen LogP contribution in [0, 0.1) is 17.2 Å². The molecule has 0 aliphatic heterocycles. The van der Waals surface area contributed by atoms with Crippen LogP contribution in [0.3, 0.4) is 0 Å². The van der Waals surface area contributed by atoms with Gasteiger partial charge in [0.2, 0.25) is 0 Å². The Morgan fingerprint density at radius 3 is 3.00 bits per heavy atom. The van der Waals surface area contributed by atoms with E-state index < -0.39 is 0 Å². The number of allylic oxidation sites excluding steroid dienone is 2. The molecule has 0 saturated carbocycles. The summed E-state index contributed by atoms with van der Waals surface area (Å²) in [7, 11) is 0. The quantitative estimate of drug-likeness (QED) is 0.542. The van der Waals surface area contributed by atoms with Crippen molar-refractivity contribution in [1.82, 2.24) is 0 Å². The summed E-state index contributed by atoms with van der Waals surface area (Å²) in [5.74, 6) is 0.845. The fraction of sp³-hybridized carbons (Fsp3) is 0.667. The first-order valence-electron chi connectivity index (χ1n) is 3.96. The van der Waals surface area contributed by atoms with Crippen LogP contribution in [0.25, 0.3) is 0 Å². The summed E-state index contributed by atoms with van der Waals surface area (Å²) in [4.78, 5) is 0. The van der Waals surface area contributed by atoms with Crippen molar-refractivity contribution in [3.63, 3.8) is 0 Å². The molecule has 1 rings (SSSR count). The van der Waals surface area contributed by atoms with Crippen LogP contribution >= 0.6 is 0 Å². The summed E-state index contributed by atoms with van der Waals surface area (Å²) >= 11 is 0. The monoisotopic (exact) mass is 135 g/mol. The Kier molecular flexibility index (Phi) is 2.50. The Morgan fingerprint density at radius 1 is 1.80 bits per heavy atom. The van der Waals surface area contributed by atoms with E-state index in [0.29, 0.717) is 0 Å². The molecule has 0 bridgehead atoms. The molecule has 1 heteroatoms. The minimum atomic E-state index is 0.845. The summed E-state index contributed by atoms with van der Waals surface area (Å²) in [5.41, 5.74) is 0.990. The van der Waals surface area contributed by atoms with Gasteiger partial charge in [0.05, 0.1) is 6.07 Å². The van der Waals surface area contributed by atoms with Crippen molar-refractivity contribution in [2.24, 2.45) is 5.92 Å². The van der Waals surface area contributed by atoms with E-state index in [1.165, 1.54) is 12.8 Å². The topological polar surface area (TPSA) is 23.8 Å². The number of hydrogen-bond acceptors (Lipinski definition) is 1. The lowest BCUT2D eigenvalue weighted by molar-refractivity contribution is 0.460. The molecule has 0 spiro atoms. The Bertz CT molecular complexity index is 174. The Morgan fingerprint density at radius 2 is 2.60 bits per heavy atom. The molecule has 0 aromatic carbocycles. The van der Waals surface area contributed by atoms with Gasteiger partial charge in [0.1, 0.15) is 0 Å². The first-order valence-corrected chi connectivity index (χ1v) is 3.96. The largest absolute Gasteiger partial charge is 0.193 e. The van der Waals surface area contributed by atoms with Gasteiger partial charge in [0.15, 0.2) is 0 Å². The van der Waals surface area contributed by atoms with E-state index in [9.17, 15) is 0 Å². The minimum absolute atomic E-state index is 0.845. The highest BCUT2D eigenvalue weighted by Crippen LogP contribution is 2.24. The minimum Gasteiger partial charge on any atom is -0.193 e. The predicted molar refractivity (Wildman–Crippen MR) is 41.3 cm³/mol. The third-order valence-electron chi connectivity index (χ3n) is 2.24. The average molecular weight is 135 g/mol. The molecule has 0 radical (unpaired) electrons. The zero-order chi connectivity index (χ0) is 7.40. The molecule has 0 aromatic heterocycles. The number of nitrogens with zero attached hydrogens (tertiary/aromatic N) is 1. The molecule has 0 fully saturated rings. The van der Waals surface area contributed by atoms with Gasteiger partial charge in [0.25, 0.3) is 0 Å². The molecule has 0 unspecified atom stereocenters. The average Bonchev–Trinajstić information content (AvgIpc) is 2.05. The standard InChI is InChI=1S/C9H13N/c1-2-8-3-5-9(7-10)6-4-8/h5,8H,2-4,6H2,1H3/t8-/m1/s1. The van der Waals surface area contributed by atoms with Crippen molar-refractivity contribution in [3.8, 4) is 6.07 Å². The van der Waals surface area contributed by atoms with Gasteiger partial charge in [-0.05, 0) is 25.2 Å². The first-order chi connectivity index (χ1) is 4.86. The van der Waals surface area contributed by atoms with Crippen molar-refractivity contribution in [1.29, 1.82) is 5.26 Å². The van der Waals surface area contributed by atoms with Gasteiger partial charge in [-0.2, -0.15) is 5.26 Å². The molecule has 1 aliphatic carbocycles. The van der Waals surface area contributed by atoms with Crippen molar-refractivity contribution in [2.75, 3.05) is 0 Å². The van der Waals surface area contributed by atoms with Crippen LogP contribution in [0.2, 0.25) is 0 Å². The highest BCUT2D eigenvalue weighted by Gasteiger charge is 2.11. The SMILES string of the molecule is CC[C@@H]1CC=C(C#N)CC1. The second kappa shape index (κ2) is 3.41. The molecule has 0 saturated heterocycles. The van der Waals surface area contributed by atoms with Gasteiger partial charge in [-0.3, -0.25) is 0 Å². The van der Waals surface area contributed by atoms with E-state index in [2.05, 4.69) is 19.1 Å². The fourth-order valence-electron chi connectivity index (χ4n) is 1.36. The smallest absolute Gasteiger partial charge is 0.0943 e. The molecule has 1 aliphatic rings. The maximum atomic E-state index is 8.53. The van der Waals surface area contributed by atoms with Crippen LogP contribution in [0.5, 0.6) is 0 Å². The van der Waals surface area contributed by atoms with Crippen molar-refractivity contribution in [2.45, 2.75) is 32.6 Å². The van der Waals surface area contributed by atoms with Crippen LogP contribution in [0.1, 0.15) is 32.6 Å². The summed E-state index contributed by atoms with van der Waals surface area (Å²) in [5, 5.41) is 8.53. The highest BCUT2D eigenvalue weighted by atomic mass is 14.3.